The monoisotopic (exact) mass is 477 g/mol. The largest absolute Gasteiger partial charge is 0.493 e. The second kappa shape index (κ2) is 12.6. The molecular formula is C23H32BrN3O3. The number of nitrogens with zero attached hydrogens (tertiary/aromatic N) is 1. The molecule has 0 saturated carbocycles. The van der Waals surface area contributed by atoms with Crippen molar-refractivity contribution in [2.75, 3.05) is 45.2 Å². The molecule has 7 heteroatoms. The Morgan fingerprint density at radius 2 is 1.80 bits per heavy atom. The van der Waals surface area contributed by atoms with Gasteiger partial charge in [-0.2, -0.15) is 0 Å². The third kappa shape index (κ3) is 7.63. The van der Waals surface area contributed by atoms with E-state index in [1.807, 2.05) is 43.3 Å². The average Bonchev–Trinajstić information content (AvgIpc) is 2.75. The van der Waals surface area contributed by atoms with Crippen molar-refractivity contribution < 1.29 is 14.3 Å². The van der Waals surface area contributed by atoms with E-state index in [4.69, 9.17) is 9.47 Å². The van der Waals surface area contributed by atoms with E-state index < -0.39 is 0 Å². The standard InChI is InChI=1S/C23H32BrN3O3/c1-5-27(6-2)12-11-25-15-18-13-21(29-4)22(14-20(18)24)30-16-23(28)26-19-9-7-17(3)8-10-19/h7-10,13-14,25H,5-6,11-12,15-16H2,1-4H3,(H,26,28). The summed E-state index contributed by atoms with van der Waals surface area (Å²) in [6.07, 6.45) is 0. The fraction of sp³-hybridized carbons (Fsp3) is 0.435. The number of carbonyl (C=O) groups is 1. The van der Waals surface area contributed by atoms with Crippen molar-refractivity contribution >= 4 is 27.5 Å². The fourth-order valence-corrected chi connectivity index (χ4v) is 3.42. The molecule has 0 fully saturated rings. The van der Waals surface area contributed by atoms with Crippen LogP contribution < -0.4 is 20.1 Å². The molecule has 2 aromatic carbocycles. The van der Waals surface area contributed by atoms with E-state index >= 15 is 0 Å². The number of likely N-dealkylation sites (N-methyl/N-ethyl adjacent to an activating group) is 1. The van der Waals surface area contributed by atoms with Crippen molar-refractivity contribution in [1.82, 2.24) is 10.2 Å². The van der Waals surface area contributed by atoms with Crippen LogP contribution in [0.3, 0.4) is 0 Å². The van der Waals surface area contributed by atoms with Crippen LogP contribution in [0.2, 0.25) is 0 Å². The molecule has 0 radical (unpaired) electrons. The zero-order valence-corrected chi connectivity index (χ0v) is 19.8. The summed E-state index contributed by atoms with van der Waals surface area (Å²) in [4.78, 5) is 14.6. The molecule has 1 amide bonds. The molecule has 30 heavy (non-hydrogen) atoms. The van der Waals surface area contributed by atoms with Gasteiger partial charge in [-0.25, -0.2) is 0 Å². The summed E-state index contributed by atoms with van der Waals surface area (Å²) >= 11 is 3.60. The molecule has 0 spiro atoms. The van der Waals surface area contributed by atoms with Crippen molar-refractivity contribution in [1.29, 1.82) is 0 Å². The van der Waals surface area contributed by atoms with Gasteiger partial charge in [-0.1, -0.05) is 47.5 Å². The van der Waals surface area contributed by atoms with Gasteiger partial charge in [0.15, 0.2) is 18.1 Å². The molecule has 0 aromatic heterocycles. The Morgan fingerprint density at radius 3 is 2.43 bits per heavy atom. The van der Waals surface area contributed by atoms with Gasteiger partial charge in [-0.15, -0.1) is 0 Å². The summed E-state index contributed by atoms with van der Waals surface area (Å²) in [5, 5.41) is 6.29. The van der Waals surface area contributed by atoms with Crippen LogP contribution in [0, 0.1) is 6.92 Å². The first-order chi connectivity index (χ1) is 14.5. The third-order valence-electron chi connectivity index (χ3n) is 4.84. The number of anilines is 1. The number of rotatable bonds is 12. The molecule has 0 unspecified atom stereocenters. The van der Waals surface area contributed by atoms with Crippen LogP contribution in [-0.4, -0.2) is 50.7 Å². The van der Waals surface area contributed by atoms with E-state index in [1.54, 1.807) is 7.11 Å². The van der Waals surface area contributed by atoms with E-state index in [9.17, 15) is 4.79 Å². The highest BCUT2D eigenvalue weighted by molar-refractivity contribution is 9.10. The van der Waals surface area contributed by atoms with Gasteiger partial charge < -0.3 is 25.0 Å². The zero-order chi connectivity index (χ0) is 21.9. The van der Waals surface area contributed by atoms with E-state index in [0.29, 0.717) is 18.0 Å². The first kappa shape index (κ1) is 24.2. The average molecular weight is 478 g/mol. The summed E-state index contributed by atoms with van der Waals surface area (Å²) in [5.41, 5.74) is 2.96. The van der Waals surface area contributed by atoms with Crippen molar-refractivity contribution in [3.05, 3.63) is 52.0 Å². The molecular weight excluding hydrogens is 446 g/mol. The third-order valence-corrected chi connectivity index (χ3v) is 5.58. The molecule has 0 atom stereocenters. The molecule has 0 aliphatic rings. The van der Waals surface area contributed by atoms with Gasteiger partial charge in [0, 0.05) is 29.8 Å². The van der Waals surface area contributed by atoms with Crippen molar-refractivity contribution in [3.8, 4) is 11.5 Å². The first-order valence-electron chi connectivity index (χ1n) is 10.3. The predicted octanol–water partition coefficient (Wildman–Crippen LogP) is 4.22. The Kier molecular flexibility index (Phi) is 10.1. The number of halogens is 1. The normalized spacial score (nSPS) is 10.9. The lowest BCUT2D eigenvalue weighted by atomic mass is 10.2. The second-order valence-electron chi connectivity index (χ2n) is 7.00. The topological polar surface area (TPSA) is 62.8 Å². The number of hydrogen-bond donors (Lipinski definition) is 2. The molecule has 0 bridgehead atoms. The lowest BCUT2D eigenvalue weighted by molar-refractivity contribution is -0.118. The highest BCUT2D eigenvalue weighted by Crippen LogP contribution is 2.33. The minimum Gasteiger partial charge on any atom is -0.493 e. The molecule has 164 valence electrons. The van der Waals surface area contributed by atoms with E-state index in [1.165, 1.54) is 0 Å². The van der Waals surface area contributed by atoms with Crippen molar-refractivity contribution in [2.45, 2.75) is 27.3 Å². The lowest BCUT2D eigenvalue weighted by Crippen LogP contribution is -2.31. The second-order valence-corrected chi connectivity index (χ2v) is 7.86. The first-order valence-corrected chi connectivity index (χ1v) is 11.0. The van der Waals surface area contributed by atoms with Crippen LogP contribution in [0.25, 0.3) is 0 Å². The minimum absolute atomic E-state index is 0.0991. The highest BCUT2D eigenvalue weighted by Gasteiger charge is 2.12. The Hall–Kier alpha value is -2.09. The minimum atomic E-state index is -0.223. The lowest BCUT2D eigenvalue weighted by Gasteiger charge is -2.18. The number of amides is 1. The van der Waals surface area contributed by atoms with Crippen LogP contribution in [-0.2, 0) is 11.3 Å². The summed E-state index contributed by atoms with van der Waals surface area (Å²) in [6.45, 7) is 11.0. The van der Waals surface area contributed by atoms with E-state index in [0.717, 1.165) is 47.5 Å². The van der Waals surface area contributed by atoms with Gasteiger partial charge in [-0.3, -0.25) is 4.79 Å². The van der Waals surface area contributed by atoms with Crippen molar-refractivity contribution in [3.63, 3.8) is 0 Å². The highest BCUT2D eigenvalue weighted by atomic mass is 79.9. The van der Waals surface area contributed by atoms with E-state index in [-0.39, 0.29) is 12.5 Å². The number of methoxy groups -OCH3 is 1. The fourth-order valence-electron chi connectivity index (χ4n) is 2.96. The molecule has 0 saturated heterocycles. The van der Waals surface area contributed by atoms with E-state index in [2.05, 4.69) is 45.3 Å². The molecule has 6 nitrogen and oxygen atoms in total. The number of carbonyl (C=O) groups excluding carboxylic acids is 1. The van der Waals surface area contributed by atoms with Gasteiger partial charge in [0.25, 0.3) is 5.91 Å². The molecule has 0 aliphatic carbocycles. The molecule has 0 heterocycles. The maximum Gasteiger partial charge on any atom is 0.262 e. The Balaban J connectivity index is 1.91. The zero-order valence-electron chi connectivity index (χ0n) is 18.3. The molecule has 0 aliphatic heterocycles. The molecule has 2 rings (SSSR count). The number of nitrogens with one attached hydrogen (secondary N) is 2. The van der Waals surface area contributed by atoms with Crippen LogP contribution in [0.4, 0.5) is 5.69 Å². The van der Waals surface area contributed by atoms with Crippen LogP contribution in [0.1, 0.15) is 25.0 Å². The molecule has 2 aromatic rings. The van der Waals surface area contributed by atoms with Crippen LogP contribution >= 0.6 is 15.9 Å². The maximum absolute atomic E-state index is 12.2. The van der Waals surface area contributed by atoms with Gasteiger partial charge in [0.1, 0.15) is 0 Å². The Labute approximate surface area is 188 Å². The Bertz CT molecular complexity index is 808. The Morgan fingerprint density at radius 1 is 1.10 bits per heavy atom. The summed E-state index contributed by atoms with van der Waals surface area (Å²) in [5.74, 6) is 0.899. The number of benzene rings is 2. The van der Waals surface area contributed by atoms with Gasteiger partial charge in [0.2, 0.25) is 0 Å². The van der Waals surface area contributed by atoms with Crippen molar-refractivity contribution in [2.24, 2.45) is 0 Å². The smallest absolute Gasteiger partial charge is 0.262 e. The number of aryl methyl sites for hydroxylation is 1. The summed E-state index contributed by atoms with van der Waals surface area (Å²) in [7, 11) is 1.60. The van der Waals surface area contributed by atoms with Gasteiger partial charge in [-0.05, 0) is 49.8 Å². The quantitative estimate of drug-likeness (QED) is 0.448. The SMILES string of the molecule is CCN(CC)CCNCc1cc(OC)c(OCC(=O)Nc2ccc(C)cc2)cc1Br. The maximum atomic E-state index is 12.2. The van der Waals surface area contributed by atoms with Crippen LogP contribution in [0.15, 0.2) is 40.9 Å². The summed E-state index contributed by atoms with van der Waals surface area (Å²) in [6, 6.07) is 11.4. The predicted molar refractivity (Wildman–Crippen MR) is 125 cm³/mol. The van der Waals surface area contributed by atoms with Crippen LogP contribution in [0.5, 0.6) is 11.5 Å². The van der Waals surface area contributed by atoms with Gasteiger partial charge in [0.05, 0.1) is 7.11 Å². The summed E-state index contributed by atoms with van der Waals surface area (Å²) < 4.78 is 12.1. The molecule has 2 N–H and O–H groups in total. The number of ether oxygens (including phenoxy) is 2. The number of hydrogen-bond acceptors (Lipinski definition) is 5. The van der Waals surface area contributed by atoms with Gasteiger partial charge >= 0.3 is 0 Å².